The summed E-state index contributed by atoms with van der Waals surface area (Å²) < 4.78 is 34.5. The van der Waals surface area contributed by atoms with Crippen LogP contribution < -0.4 is 14.8 Å². The number of anilines is 2. The second kappa shape index (κ2) is 8.74. The average molecular weight is 492 g/mol. The Morgan fingerprint density at radius 3 is 2.66 bits per heavy atom. The second-order valence-electron chi connectivity index (χ2n) is 8.85. The lowest BCUT2D eigenvalue weighted by Gasteiger charge is -2.37. The number of aryl methyl sites for hydroxylation is 1. The van der Waals surface area contributed by atoms with Gasteiger partial charge in [0.2, 0.25) is 0 Å². The molecule has 3 atom stereocenters. The monoisotopic (exact) mass is 491 g/mol. The number of hydrogen-bond acceptors (Lipinski definition) is 6. The summed E-state index contributed by atoms with van der Waals surface area (Å²) in [6, 6.07) is 16.8. The van der Waals surface area contributed by atoms with Crippen LogP contribution in [0.4, 0.5) is 17.1 Å². The number of nitrogens with one attached hydrogen (secondary N) is 2. The van der Waals surface area contributed by atoms with E-state index in [1.165, 1.54) is 13.2 Å². The van der Waals surface area contributed by atoms with Crippen LogP contribution in [0.2, 0.25) is 0 Å². The number of nitro groups is 1. The third kappa shape index (κ3) is 4.12. The van der Waals surface area contributed by atoms with Gasteiger partial charge < -0.3 is 10.1 Å². The minimum Gasteiger partial charge on any atom is -0.495 e. The van der Waals surface area contributed by atoms with Crippen LogP contribution in [0, 0.1) is 23.0 Å². The zero-order chi connectivity index (χ0) is 24.7. The molecule has 0 bridgehead atoms. The number of para-hydroxylation sites is 1. The first-order valence-corrected chi connectivity index (χ1v) is 12.7. The van der Waals surface area contributed by atoms with E-state index >= 15 is 0 Å². The Bertz CT molecular complexity index is 1450. The molecule has 0 saturated carbocycles. The van der Waals surface area contributed by atoms with Crippen molar-refractivity contribution in [1.29, 1.82) is 0 Å². The second-order valence-corrected chi connectivity index (χ2v) is 10.5. The number of rotatable bonds is 6. The van der Waals surface area contributed by atoms with Gasteiger partial charge in [0.1, 0.15) is 5.75 Å². The third-order valence-corrected chi connectivity index (χ3v) is 8.08. The zero-order valence-electron chi connectivity index (χ0n) is 19.3. The summed E-state index contributed by atoms with van der Waals surface area (Å²) in [5, 5.41) is 15.1. The Hall–Kier alpha value is -3.85. The number of nitro benzene ring substituents is 1. The molecule has 3 aromatic carbocycles. The minimum atomic E-state index is -3.88. The van der Waals surface area contributed by atoms with Gasteiger partial charge in [0.25, 0.3) is 15.7 Å². The van der Waals surface area contributed by atoms with Crippen molar-refractivity contribution in [2.75, 3.05) is 17.1 Å². The Balaban J connectivity index is 1.52. The quantitative estimate of drug-likeness (QED) is 0.266. The van der Waals surface area contributed by atoms with Gasteiger partial charge in [-0.2, -0.15) is 0 Å². The fourth-order valence-corrected chi connectivity index (χ4v) is 6.17. The molecule has 9 heteroatoms. The Labute approximate surface area is 203 Å². The Morgan fingerprint density at radius 1 is 1.09 bits per heavy atom. The van der Waals surface area contributed by atoms with Crippen molar-refractivity contribution in [3.05, 3.63) is 99.6 Å². The van der Waals surface area contributed by atoms with Crippen molar-refractivity contribution >= 4 is 27.1 Å². The first-order chi connectivity index (χ1) is 16.8. The topological polar surface area (TPSA) is 111 Å². The lowest BCUT2D eigenvalue weighted by molar-refractivity contribution is -0.385. The van der Waals surface area contributed by atoms with Crippen molar-refractivity contribution in [3.63, 3.8) is 0 Å². The smallest absolute Gasteiger partial charge is 0.274 e. The molecule has 0 unspecified atom stereocenters. The van der Waals surface area contributed by atoms with Crippen molar-refractivity contribution < 1.29 is 18.1 Å². The number of ether oxygens (including phenoxy) is 1. The molecule has 0 spiro atoms. The minimum absolute atomic E-state index is 0.0337. The van der Waals surface area contributed by atoms with Crippen LogP contribution in [0.1, 0.15) is 35.1 Å². The number of hydrogen-bond donors (Lipinski definition) is 2. The van der Waals surface area contributed by atoms with Gasteiger partial charge in [-0.05, 0) is 60.7 Å². The highest BCUT2D eigenvalue weighted by Crippen LogP contribution is 2.51. The molecule has 2 N–H and O–H groups in total. The number of nitrogens with zero attached hydrogens (tertiary/aromatic N) is 1. The van der Waals surface area contributed by atoms with Crippen molar-refractivity contribution in [2.45, 2.75) is 30.2 Å². The fraction of sp³-hybridized carbons (Fsp3) is 0.231. The SMILES string of the molecule is COc1ccc(C)cc1NS(=O)(=O)c1ccc2c(c1)[C@@H]1C=CC[C@@H]1[C@@H](c1ccccc1[N+](=O)[O-])N2. The Morgan fingerprint density at radius 2 is 1.89 bits per heavy atom. The highest BCUT2D eigenvalue weighted by molar-refractivity contribution is 7.92. The molecule has 2 aliphatic rings. The van der Waals surface area contributed by atoms with Gasteiger partial charge in [-0.1, -0.05) is 36.4 Å². The summed E-state index contributed by atoms with van der Waals surface area (Å²) in [5.74, 6) is 0.413. The summed E-state index contributed by atoms with van der Waals surface area (Å²) in [6.45, 7) is 1.88. The lowest BCUT2D eigenvalue weighted by Crippen LogP contribution is -2.30. The molecule has 0 radical (unpaired) electrons. The van der Waals surface area contributed by atoms with Crippen LogP contribution in [0.25, 0.3) is 0 Å². The Kier molecular flexibility index (Phi) is 5.72. The predicted molar refractivity (Wildman–Crippen MR) is 134 cm³/mol. The molecule has 3 aromatic rings. The van der Waals surface area contributed by atoms with E-state index in [2.05, 4.69) is 22.2 Å². The van der Waals surface area contributed by atoms with Gasteiger partial charge in [-0.25, -0.2) is 8.42 Å². The van der Waals surface area contributed by atoms with Gasteiger partial charge in [-0.3, -0.25) is 14.8 Å². The first kappa shape index (κ1) is 22.9. The van der Waals surface area contributed by atoms with Crippen molar-refractivity contribution in [2.24, 2.45) is 5.92 Å². The third-order valence-electron chi connectivity index (χ3n) is 6.71. The van der Waals surface area contributed by atoms with Crippen molar-refractivity contribution in [3.8, 4) is 5.75 Å². The lowest BCUT2D eigenvalue weighted by atomic mass is 9.76. The number of allylic oxidation sites excluding steroid dienone is 2. The van der Waals surface area contributed by atoms with Crippen LogP contribution in [0.15, 0.2) is 77.7 Å². The maximum absolute atomic E-state index is 13.3. The highest BCUT2D eigenvalue weighted by Gasteiger charge is 2.40. The van der Waals surface area contributed by atoms with E-state index in [1.54, 1.807) is 48.5 Å². The number of sulfonamides is 1. The summed E-state index contributed by atoms with van der Waals surface area (Å²) in [6.07, 6.45) is 4.87. The van der Waals surface area contributed by atoms with E-state index in [-0.39, 0.29) is 33.4 Å². The number of benzene rings is 3. The van der Waals surface area contributed by atoms with Crippen LogP contribution in [-0.2, 0) is 10.0 Å². The van der Waals surface area contributed by atoms with Gasteiger partial charge in [0.05, 0.1) is 34.2 Å². The van der Waals surface area contributed by atoms with E-state index in [0.717, 1.165) is 23.2 Å². The van der Waals surface area contributed by atoms with Gasteiger partial charge in [0.15, 0.2) is 0 Å². The number of methoxy groups -OCH3 is 1. The van der Waals surface area contributed by atoms with Gasteiger partial charge in [0, 0.05) is 17.7 Å². The van der Waals surface area contributed by atoms with Crippen LogP contribution >= 0.6 is 0 Å². The van der Waals surface area contributed by atoms with Crippen molar-refractivity contribution in [1.82, 2.24) is 0 Å². The summed E-state index contributed by atoms with van der Waals surface area (Å²) >= 11 is 0. The molecule has 0 fully saturated rings. The molecule has 0 amide bonds. The molecule has 0 saturated heterocycles. The largest absolute Gasteiger partial charge is 0.495 e. The number of fused-ring (bicyclic) bond motifs is 3. The average Bonchev–Trinajstić information content (AvgIpc) is 3.33. The molecule has 8 nitrogen and oxygen atoms in total. The predicted octanol–water partition coefficient (Wildman–Crippen LogP) is 5.54. The molecule has 180 valence electrons. The fourth-order valence-electron chi connectivity index (χ4n) is 5.07. The normalized spacial score (nSPS) is 20.5. The molecular weight excluding hydrogens is 466 g/mol. The highest BCUT2D eigenvalue weighted by atomic mass is 32.2. The van der Waals surface area contributed by atoms with E-state index in [4.69, 9.17) is 4.74 Å². The molecule has 5 rings (SSSR count). The maximum Gasteiger partial charge on any atom is 0.274 e. The van der Waals surface area contributed by atoms with E-state index in [1.807, 2.05) is 13.0 Å². The van der Waals surface area contributed by atoms with Gasteiger partial charge >= 0.3 is 0 Å². The zero-order valence-corrected chi connectivity index (χ0v) is 20.1. The molecule has 1 heterocycles. The summed E-state index contributed by atoms with van der Waals surface area (Å²) in [4.78, 5) is 11.4. The van der Waals surface area contributed by atoms with Crippen LogP contribution in [-0.4, -0.2) is 20.5 Å². The standard InChI is InChI=1S/C26H25N3O5S/c1-16-10-13-25(34-2)23(14-16)28-35(32,33)17-11-12-22-21(15-17)18-7-5-8-19(18)26(27-22)20-6-3-4-9-24(20)29(30)31/h3-7,9-15,18-19,26-28H,8H2,1-2H3/t18-,19+,26+/m1/s1. The summed E-state index contributed by atoms with van der Waals surface area (Å²) in [5.41, 5.74) is 3.61. The van der Waals surface area contributed by atoms with Crippen LogP contribution in [0.5, 0.6) is 5.75 Å². The molecular formula is C26H25N3O5S. The molecule has 1 aliphatic heterocycles. The summed E-state index contributed by atoms with van der Waals surface area (Å²) in [7, 11) is -2.39. The maximum atomic E-state index is 13.3. The molecule has 0 aromatic heterocycles. The van der Waals surface area contributed by atoms with E-state index in [9.17, 15) is 18.5 Å². The van der Waals surface area contributed by atoms with E-state index < -0.39 is 10.0 Å². The first-order valence-electron chi connectivity index (χ1n) is 11.3. The van der Waals surface area contributed by atoms with Gasteiger partial charge in [-0.15, -0.1) is 0 Å². The molecule has 1 aliphatic carbocycles. The van der Waals surface area contributed by atoms with Crippen LogP contribution in [0.3, 0.4) is 0 Å². The van der Waals surface area contributed by atoms with E-state index in [0.29, 0.717) is 17.0 Å². The molecule has 35 heavy (non-hydrogen) atoms.